The summed E-state index contributed by atoms with van der Waals surface area (Å²) in [7, 11) is -1.43. The highest BCUT2D eigenvalue weighted by molar-refractivity contribution is 7.84. The van der Waals surface area contributed by atoms with Crippen LogP contribution in [0, 0.1) is 5.82 Å². The van der Waals surface area contributed by atoms with E-state index in [1.54, 1.807) is 0 Å². The smallest absolute Gasteiger partial charge is 0.352 e. The Morgan fingerprint density at radius 3 is 2.11 bits per heavy atom. The summed E-state index contributed by atoms with van der Waals surface area (Å²) in [5.74, 6) is -0.685. The Bertz CT molecular complexity index is 1130. The van der Waals surface area contributed by atoms with Gasteiger partial charge in [-0.15, -0.1) is 0 Å². The van der Waals surface area contributed by atoms with E-state index in [9.17, 15) is 21.8 Å². The van der Waals surface area contributed by atoms with Crippen molar-refractivity contribution < 1.29 is 21.8 Å². The molecule has 7 nitrogen and oxygen atoms in total. The van der Waals surface area contributed by atoms with Gasteiger partial charge in [-0.05, 0) is 44.2 Å². The number of pyridine rings is 1. The van der Waals surface area contributed by atoms with E-state index in [1.165, 1.54) is 24.5 Å². The van der Waals surface area contributed by atoms with E-state index in [2.05, 4.69) is 30.6 Å². The number of hydrogen-bond acceptors (Lipinski definition) is 7. The minimum absolute atomic E-state index is 0.0502. The molecular formula is C23H30F4N6OS. The molecular weight excluding hydrogens is 484 g/mol. The summed E-state index contributed by atoms with van der Waals surface area (Å²) in [4.78, 5) is 16.3. The van der Waals surface area contributed by atoms with E-state index in [0.717, 1.165) is 18.2 Å². The molecule has 0 fully saturated rings. The summed E-state index contributed by atoms with van der Waals surface area (Å²) in [6.07, 6.45) is -3.22. The molecule has 12 heteroatoms. The normalized spacial score (nSPS) is 11.5. The fourth-order valence-electron chi connectivity index (χ4n) is 2.52. The molecule has 2 heterocycles. The Kier molecular flexibility index (Phi) is 11.7. The highest BCUT2D eigenvalue weighted by Crippen LogP contribution is 2.29. The first kappa shape index (κ1) is 29.9. The van der Waals surface area contributed by atoms with Gasteiger partial charge in [0.2, 0.25) is 11.9 Å². The van der Waals surface area contributed by atoms with E-state index in [-0.39, 0.29) is 40.0 Å². The minimum Gasteiger partial charge on any atom is -0.352 e. The molecule has 2 N–H and O–H groups in total. The zero-order chi connectivity index (χ0) is 26.8. The van der Waals surface area contributed by atoms with Crippen LogP contribution in [0.5, 0.6) is 0 Å². The molecule has 0 amide bonds. The number of rotatable bonds is 6. The Hall–Kier alpha value is -3.15. The summed E-state index contributed by atoms with van der Waals surface area (Å²) >= 11 is 0. The lowest BCUT2D eigenvalue weighted by Crippen LogP contribution is -2.15. The molecule has 2 aromatic heterocycles. The Balaban J connectivity index is 0.00000145. The van der Waals surface area contributed by atoms with Crippen molar-refractivity contribution in [3.8, 4) is 11.5 Å². The number of benzene rings is 1. The molecule has 0 saturated heterocycles. The lowest BCUT2D eigenvalue weighted by Gasteiger charge is -2.13. The molecule has 0 bridgehead atoms. The molecule has 192 valence electrons. The van der Waals surface area contributed by atoms with Gasteiger partial charge in [0, 0.05) is 33.7 Å². The van der Waals surface area contributed by atoms with Crippen LogP contribution < -0.4 is 10.6 Å². The number of nitrogens with zero attached hydrogens (tertiary/aromatic N) is 4. The first-order chi connectivity index (χ1) is 16.5. The predicted molar refractivity (Wildman–Crippen MR) is 132 cm³/mol. The second-order valence-electron chi connectivity index (χ2n) is 6.77. The monoisotopic (exact) mass is 514 g/mol. The Labute approximate surface area is 205 Å². The lowest BCUT2D eigenvalue weighted by atomic mass is 10.3. The van der Waals surface area contributed by atoms with Gasteiger partial charge < -0.3 is 10.6 Å². The molecule has 1 aromatic carbocycles. The van der Waals surface area contributed by atoms with Crippen molar-refractivity contribution in [3.05, 3.63) is 47.9 Å². The molecule has 1 atom stereocenters. The third kappa shape index (κ3) is 9.19. The van der Waals surface area contributed by atoms with E-state index < -0.39 is 28.5 Å². The summed E-state index contributed by atoms with van der Waals surface area (Å²) in [5.41, 5.74) is -0.977. The van der Waals surface area contributed by atoms with Crippen LogP contribution in [0.1, 0.15) is 47.2 Å². The van der Waals surface area contributed by atoms with Crippen LogP contribution in [0.15, 0.2) is 41.3 Å². The second kappa shape index (κ2) is 13.7. The topological polar surface area (TPSA) is 92.7 Å². The summed E-state index contributed by atoms with van der Waals surface area (Å²) in [6.45, 7) is 11.7. The molecule has 3 aromatic rings. The third-order valence-electron chi connectivity index (χ3n) is 3.78. The van der Waals surface area contributed by atoms with Gasteiger partial charge in [-0.3, -0.25) is 4.21 Å². The zero-order valence-electron chi connectivity index (χ0n) is 20.7. The van der Waals surface area contributed by atoms with Gasteiger partial charge in [-0.1, -0.05) is 33.8 Å². The van der Waals surface area contributed by atoms with Crippen LogP contribution in [0.25, 0.3) is 11.5 Å². The number of hydrogen-bond donors (Lipinski definition) is 2. The number of nitrogens with one attached hydrogen (secondary N) is 2. The average molecular weight is 515 g/mol. The maximum absolute atomic E-state index is 13.9. The van der Waals surface area contributed by atoms with Gasteiger partial charge in [0.15, 0.2) is 5.82 Å². The Morgan fingerprint density at radius 2 is 1.54 bits per heavy atom. The maximum atomic E-state index is 13.9. The quantitative estimate of drug-likeness (QED) is 0.366. The Morgan fingerprint density at radius 1 is 0.914 bits per heavy atom. The number of anilines is 3. The summed E-state index contributed by atoms with van der Waals surface area (Å²) in [6, 6.07) is 7.05. The first-order valence-electron chi connectivity index (χ1n) is 11.0. The van der Waals surface area contributed by atoms with Crippen molar-refractivity contribution in [1.29, 1.82) is 0 Å². The molecule has 35 heavy (non-hydrogen) atoms. The van der Waals surface area contributed by atoms with Crippen LogP contribution in [-0.4, -0.2) is 36.4 Å². The van der Waals surface area contributed by atoms with Crippen molar-refractivity contribution >= 4 is 28.4 Å². The summed E-state index contributed by atoms with van der Waals surface area (Å²) in [5, 5.41) is 5.73. The fraction of sp³-hybridized carbons (Fsp3) is 0.391. The predicted octanol–water partition coefficient (Wildman–Crippen LogP) is 6.45. The zero-order valence-corrected chi connectivity index (χ0v) is 21.5. The molecule has 3 rings (SSSR count). The molecule has 0 saturated carbocycles. The van der Waals surface area contributed by atoms with E-state index in [0.29, 0.717) is 0 Å². The lowest BCUT2D eigenvalue weighted by molar-refractivity contribution is -0.141. The van der Waals surface area contributed by atoms with Crippen LogP contribution in [0.2, 0.25) is 0 Å². The highest BCUT2D eigenvalue weighted by atomic mass is 32.2. The molecule has 1 unspecified atom stereocenters. The number of halogens is 4. The first-order valence-corrected chi connectivity index (χ1v) is 12.6. The number of alkyl halides is 3. The third-order valence-corrected chi connectivity index (χ3v) is 4.68. The largest absolute Gasteiger partial charge is 0.433 e. The van der Waals surface area contributed by atoms with Crippen LogP contribution >= 0.6 is 0 Å². The van der Waals surface area contributed by atoms with Gasteiger partial charge in [0.25, 0.3) is 0 Å². The van der Waals surface area contributed by atoms with E-state index >= 15 is 0 Å². The molecule has 0 aliphatic heterocycles. The number of aromatic nitrogens is 4. The average Bonchev–Trinajstić information content (AvgIpc) is 2.80. The molecule has 0 radical (unpaired) electrons. The van der Waals surface area contributed by atoms with Gasteiger partial charge in [-0.2, -0.15) is 28.1 Å². The van der Waals surface area contributed by atoms with Gasteiger partial charge in [-0.25, -0.2) is 9.37 Å². The van der Waals surface area contributed by atoms with Crippen LogP contribution in [0.3, 0.4) is 0 Å². The van der Waals surface area contributed by atoms with Crippen molar-refractivity contribution in [2.24, 2.45) is 0 Å². The molecule has 0 aliphatic carbocycles. The van der Waals surface area contributed by atoms with Crippen LogP contribution in [0.4, 0.5) is 35.1 Å². The highest BCUT2D eigenvalue weighted by Gasteiger charge is 2.32. The van der Waals surface area contributed by atoms with E-state index in [1.807, 2.05) is 41.5 Å². The summed E-state index contributed by atoms with van der Waals surface area (Å²) < 4.78 is 64.7. The second-order valence-corrected chi connectivity index (χ2v) is 8.15. The van der Waals surface area contributed by atoms with Gasteiger partial charge >= 0.3 is 6.18 Å². The van der Waals surface area contributed by atoms with Gasteiger partial charge in [0.1, 0.15) is 17.2 Å². The standard InChI is InChI=1S/C19H18F4N6OS.2C2H6/c1-10(2)24-17-27-16(14-5-4-6-15(26-14)19(21,22)23)28-18(29-17)25-12-7-11(20)8-13(9-12)31(3)30;2*1-2/h4-10H,1-3H3,(H2,24,25,27,28,29);2*1-2H3. The maximum Gasteiger partial charge on any atom is 0.433 e. The molecule has 0 spiro atoms. The SMILES string of the molecule is CC.CC.CC(C)Nc1nc(Nc2cc(F)cc(S(C)=O)c2)nc(-c2cccc(C(F)(F)F)n2)n1. The van der Waals surface area contributed by atoms with Crippen molar-refractivity contribution in [2.75, 3.05) is 16.9 Å². The van der Waals surface area contributed by atoms with E-state index in [4.69, 9.17) is 0 Å². The molecule has 0 aliphatic rings. The van der Waals surface area contributed by atoms with Crippen molar-refractivity contribution in [2.45, 2.75) is 58.7 Å². The minimum atomic E-state index is -4.63. The fourth-order valence-corrected chi connectivity index (χ4v) is 3.09. The van der Waals surface area contributed by atoms with Crippen LogP contribution in [-0.2, 0) is 17.0 Å². The van der Waals surface area contributed by atoms with Crippen molar-refractivity contribution in [1.82, 2.24) is 19.9 Å². The van der Waals surface area contributed by atoms with Gasteiger partial charge in [0.05, 0.1) is 0 Å². The van der Waals surface area contributed by atoms with Crippen molar-refractivity contribution in [3.63, 3.8) is 0 Å².